The Morgan fingerprint density at radius 1 is 1.29 bits per heavy atom. The molecule has 1 N–H and O–H groups in total. The highest BCUT2D eigenvalue weighted by Gasteiger charge is 2.43. The summed E-state index contributed by atoms with van der Waals surface area (Å²) < 4.78 is 38.5. The van der Waals surface area contributed by atoms with Gasteiger partial charge in [0.1, 0.15) is 0 Å². The van der Waals surface area contributed by atoms with E-state index in [-0.39, 0.29) is 24.8 Å². The zero-order chi connectivity index (χ0) is 17.7. The van der Waals surface area contributed by atoms with Crippen LogP contribution in [0.3, 0.4) is 0 Å². The summed E-state index contributed by atoms with van der Waals surface area (Å²) in [6, 6.07) is 9.83. The SMILES string of the molecule is C[C@H](CNC(=O)[C@@H]1CCC[C@H](C(F)(F)F)C1)N(C)c1ccccc1. The van der Waals surface area contributed by atoms with Crippen molar-refractivity contribution in [1.29, 1.82) is 0 Å². The van der Waals surface area contributed by atoms with Gasteiger partial charge in [-0.2, -0.15) is 13.2 Å². The van der Waals surface area contributed by atoms with Crippen molar-refractivity contribution in [2.24, 2.45) is 11.8 Å². The lowest BCUT2D eigenvalue weighted by atomic mass is 9.80. The van der Waals surface area contributed by atoms with Crippen molar-refractivity contribution in [2.75, 3.05) is 18.5 Å². The van der Waals surface area contributed by atoms with Crippen molar-refractivity contribution in [3.8, 4) is 0 Å². The summed E-state index contributed by atoms with van der Waals surface area (Å²) in [6.45, 7) is 2.39. The molecule has 0 radical (unpaired) electrons. The Morgan fingerprint density at radius 3 is 2.58 bits per heavy atom. The number of carbonyl (C=O) groups is 1. The molecule has 0 aliphatic heterocycles. The molecule has 0 spiro atoms. The first-order valence-corrected chi connectivity index (χ1v) is 8.41. The predicted octanol–water partition coefficient (Wildman–Crippen LogP) is 4.00. The van der Waals surface area contributed by atoms with Crippen LogP contribution in [0.1, 0.15) is 32.6 Å². The molecule has 1 aliphatic carbocycles. The van der Waals surface area contributed by atoms with Crippen LogP contribution in [0.15, 0.2) is 30.3 Å². The number of carbonyl (C=O) groups excluding carboxylic acids is 1. The fraction of sp³-hybridized carbons (Fsp3) is 0.611. The van der Waals surface area contributed by atoms with Crippen LogP contribution >= 0.6 is 0 Å². The number of amides is 1. The molecule has 1 amide bonds. The molecule has 1 aromatic rings. The van der Waals surface area contributed by atoms with E-state index in [9.17, 15) is 18.0 Å². The largest absolute Gasteiger partial charge is 0.391 e. The summed E-state index contributed by atoms with van der Waals surface area (Å²) in [7, 11) is 1.94. The predicted molar refractivity (Wildman–Crippen MR) is 88.8 cm³/mol. The average molecular weight is 342 g/mol. The summed E-state index contributed by atoms with van der Waals surface area (Å²) in [6.07, 6.45) is -3.14. The van der Waals surface area contributed by atoms with Crippen molar-refractivity contribution in [3.05, 3.63) is 30.3 Å². The Bertz CT molecular complexity index is 533. The van der Waals surface area contributed by atoms with E-state index in [2.05, 4.69) is 5.32 Å². The minimum Gasteiger partial charge on any atom is -0.370 e. The molecule has 24 heavy (non-hydrogen) atoms. The lowest BCUT2D eigenvalue weighted by Crippen LogP contribution is -2.43. The molecule has 1 aliphatic rings. The van der Waals surface area contributed by atoms with Gasteiger partial charge in [0, 0.05) is 31.2 Å². The van der Waals surface area contributed by atoms with Crippen LogP contribution in [0.25, 0.3) is 0 Å². The third-order valence-electron chi connectivity index (χ3n) is 4.90. The Labute approximate surface area is 141 Å². The van der Waals surface area contributed by atoms with Crippen LogP contribution in [0.5, 0.6) is 0 Å². The van der Waals surface area contributed by atoms with Crippen molar-refractivity contribution >= 4 is 11.6 Å². The maximum atomic E-state index is 12.8. The highest BCUT2D eigenvalue weighted by Crippen LogP contribution is 2.39. The molecule has 0 bridgehead atoms. The molecule has 0 unspecified atom stereocenters. The van der Waals surface area contributed by atoms with Gasteiger partial charge in [-0.1, -0.05) is 24.6 Å². The van der Waals surface area contributed by atoms with Gasteiger partial charge in [0.2, 0.25) is 5.91 Å². The molecule has 1 fully saturated rings. The number of para-hydroxylation sites is 1. The molecule has 0 heterocycles. The molecule has 6 heteroatoms. The van der Waals surface area contributed by atoms with E-state index in [4.69, 9.17) is 0 Å². The molecular weight excluding hydrogens is 317 g/mol. The van der Waals surface area contributed by atoms with Crippen molar-refractivity contribution < 1.29 is 18.0 Å². The van der Waals surface area contributed by atoms with E-state index >= 15 is 0 Å². The van der Waals surface area contributed by atoms with E-state index in [0.29, 0.717) is 19.4 Å². The monoisotopic (exact) mass is 342 g/mol. The number of nitrogens with zero attached hydrogens (tertiary/aromatic N) is 1. The summed E-state index contributed by atoms with van der Waals surface area (Å²) in [4.78, 5) is 14.3. The molecular formula is C18H25F3N2O. The zero-order valence-electron chi connectivity index (χ0n) is 14.1. The van der Waals surface area contributed by atoms with Crippen LogP contribution in [-0.4, -0.2) is 31.7 Å². The molecule has 134 valence electrons. The number of likely N-dealkylation sites (N-methyl/N-ethyl adjacent to an activating group) is 1. The minimum atomic E-state index is -4.19. The fourth-order valence-corrected chi connectivity index (χ4v) is 3.17. The van der Waals surface area contributed by atoms with E-state index in [0.717, 1.165) is 5.69 Å². The average Bonchev–Trinajstić information content (AvgIpc) is 2.58. The lowest BCUT2D eigenvalue weighted by Gasteiger charge is -2.31. The Hall–Kier alpha value is -1.72. The van der Waals surface area contributed by atoms with E-state index in [1.54, 1.807) is 0 Å². The topological polar surface area (TPSA) is 32.3 Å². The lowest BCUT2D eigenvalue weighted by molar-refractivity contribution is -0.186. The molecule has 0 saturated heterocycles. The molecule has 3 atom stereocenters. The van der Waals surface area contributed by atoms with Gasteiger partial charge in [-0.15, -0.1) is 0 Å². The number of hydrogen-bond donors (Lipinski definition) is 1. The van der Waals surface area contributed by atoms with Crippen LogP contribution in [0.2, 0.25) is 0 Å². The number of nitrogens with one attached hydrogen (secondary N) is 1. The number of anilines is 1. The third-order valence-corrected chi connectivity index (χ3v) is 4.90. The molecule has 2 rings (SSSR count). The maximum absolute atomic E-state index is 12.8. The smallest absolute Gasteiger partial charge is 0.370 e. The van der Waals surface area contributed by atoms with E-state index in [1.807, 2.05) is 49.2 Å². The Morgan fingerprint density at radius 2 is 1.96 bits per heavy atom. The van der Waals surface area contributed by atoms with Crippen LogP contribution in [-0.2, 0) is 4.79 Å². The number of hydrogen-bond acceptors (Lipinski definition) is 2. The van der Waals surface area contributed by atoms with Crippen molar-refractivity contribution in [3.63, 3.8) is 0 Å². The highest BCUT2D eigenvalue weighted by atomic mass is 19.4. The maximum Gasteiger partial charge on any atom is 0.391 e. The number of rotatable bonds is 5. The van der Waals surface area contributed by atoms with Gasteiger partial charge in [0.05, 0.1) is 5.92 Å². The van der Waals surface area contributed by atoms with Crippen LogP contribution in [0.4, 0.5) is 18.9 Å². The molecule has 3 nitrogen and oxygen atoms in total. The second-order valence-electron chi connectivity index (χ2n) is 6.64. The highest BCUT2D eigenvalue weighted by molar-refractivity contribution is 5.78. The minimum absolute atomic E-state index is 0.0540. The van der Waals surface area contributed by atoms with Crippen LogP contribution in [0, 0.1) is 11.8 Å². The Balaban J connectivity index is 1.84. The normalized spacial score (nSPS) is 22.7. The molecule has 0 aromatic heterocycles. The van der Waals surface area contributed by atoms with E-state index < -0.39 is 18.0 Å². The quantitative estimate of drug-likeness (QED) is 0.877. The zero-order valence-corrected chi connectivity index (χ0v) is 14.1. The second kappa shape index (κ2) is 7.90. The van der Waals surface area contributed by atoms with Gasteiger partial charge >= 0.3 is 6.18 Å². The summed E-state index contributed by atoms with van der Waals surface area (Å²) in [5.74, 6) is -2.12. The third kappa shape index (κ3) is 4.89. The summed E-state index contributed by atoms with van der Waals surface area (Å²) in [5, 5.41) is 2.83. The molecule has 1 aromatic carbocycles. The van der Waals surface area contributed by atoms with Gasteiger partial charge in [-0.05, 0) is 38.3 Å². The standard InChI is InChI=1S/C18H25F3N2O/c1-13(23(2)16-9-4-3-5-10-16)12-22-17(24)14-7-6-8-15(11-14)18(19,20)21/h3-5,9-10,13-15H,6-8,11-12H2,1-2H3,(H,22,24)/t13-,14-,15+/m1/s1. The van der Waals surface area contributed by atoms with Gasteiger partial charge in [-0.25, -0.2) is 0 Å². The van der Waals surface area contributed by atoms with E-state index in [1.165, 1.54) is 0 Å². The van der Waals surface area contributed by atoms with Crippen LogP contribution < -0.4 is 10.2 Å². The van der Waals surface area contributed by atoms with Crippen molar-refractivity contribution in [2.45, 2.75) is 44.8 Å². The number of halogens is 3. The van der Waals surface area contributed by atoms with Gasteiger partial charge in [-0.3, -0.25) is 4.79 Å². The summed E-state index contributed by atoms with van der Waals surface area (Å²) >= 11 is 0. The summed E-state index contributed by atoms with van der Waals surface area (Å²) in [5.41, 5.74) is 1.04. The van der Waals surface area contributed by atoms with Crippen molar-refractivity contribution in [1.82, 2.24) is 5.32 Å². The number of benzene rings is 1. The first-order chi connectivity index (χ1) is 11.3. The fourth-order valence-electron chi connectivity index (χ4n) is 3.17. The molecule has 1 saturated carbocycles. The number of alkyl halides is 3. The van der Waals surface area contributed by atoms with Gasteiger partial charge in [0.25, 0.3) is 0 Å². The first kappa shape index (κ1) is 18.6. The first-order valence-electron chi connectivity index (χ1n) is 8.41. The Kier molecular flexibility index (Phi) is 6.13. The second-order valence-corrected chi connectivity index (χ2v) is 6.64. The van der Waals surface area contributed by atoms with Gasteiger partial charge in [0.15, 0.2) is 0 Å². The van der Waals surface area contributed by atoms with Gasteiger partial charge < -0.3 is 10.2 Å².